The van der Waals surface area contributed by atoms with E-state index in [0.29, 0.717) is 11.8 Å². The number of urea groups is 1. The smallest absolute Gasteiger partial charge is 0.321 e. The Morgan fingerprint density at radius 1 is 1.00 bits per heavy atom. The Labute approximate surface area is 147 Å². The normalized spacial score (nSPS) is 22.8. The van der Waals surface area contributed by atoms with Crippen molar-refractivity contribution in [1.82, 2.24) is 9.80 Å². The highest BCUT2D eigenvalue weighted by Crippen LogP contribution is 2.32. The molecule has 5 heteroatoms. The first-order valence-electron chi connectivity index (χ1n) is 8.75. The summed E-state index contributed by atoms with van der Waals surface area (Å²) in [5, 5.41) is 2.96. The number of fused-ring (bicyclic) bond motifs is 1. The van der Waals surface area contributed by atoms with E-state index in [1.165, 1.54) is 6.07 Å². The number of carbonyl (C=O) groups excluding carboxylic acids is 1. The van der Waals surface area contributed by atoms with Crippen LogP contribution in [0, 0.1) is 17.7 Å². The molecule has 2 fully saturated rings. The maximum atomic E-state index is 13.3. The maximum absolute atomic E-state index is 13.3. The monoisotopic (exact) mass is 339 g/mol. The van der Waals surface area contributed by atoms with Gasteiger partial charge in [-0.2, -0.15) is 0 Å². The molecule has 0 saturated carbocycles. The third kappa shape index (κ3) is 3.66. The Bertz CT molecular complexity index is 738. The molecule has 2 heterocycles. The molecule has 0 aromatic heterocycles. The van der Waals surface area contributed by atoms with Crippen LogP contribution < -0.4 is 5.32 Å². The molecule has 2 atom stereocenters. The van der Waals surface area contributed by atoms with E-state index in [1.807, 2.05) is 41.3 Å². The van der Waals surface area contributed by atoms with Gasteiger partial charge in [-0.3, -0.25) is 4.90 Å². The molecule has 0 radical (unpaired) electrons. The van der Waals surface area contributed by atoms with Gasteiger partial charge >= 0.3 is 6.03 Å². The zero-order valence-corrected chi connectivity index (χ0v) is 14.1. The molecule has 2 amide bonds. The zero-order chi connectivity index (χ0) is 17.2. The minimum atomic E-state index is -0.180. The van der Waals surface area contributed by atoms with E-state index in [4.69, 9.17) is 0 Å². The SMILES string of the molecule is O=C(Nc1ccccc1)N1C[C@H]2CN(Cc3cccc(F)c3)C[C@H]2C1. The molecule has 1 N–H and O–H groups in total. The van der Waals surface area contributed by atoms with Gasteiger partial charge < -0.3 is 10.2 Å². The van der Waals surface area contributed by atoms with Crippen LogP contribution in [0.2, 0.25) is 0 Å². The number of hydrogen-bond acceptors (Lipinski definition) is 2. The van der Waals surface area contributed by atoms with Crippen molar-refractivity contribution in [2.75, 3.05) is 31.5 Å². The lowest BCUT2D eigenvalue weighted by Gasteiger charge is -2.22. The van der Waals surface area contributed by atoms with Gasteiger partial charge in [0.15, 0.2) is 0 Å². The number of rotatable bonds is 3. The quantitative estimate of drug-likeness (QED) is 0.930. The lowest BCUT2D eigenvalue weighted by atomic mass is 10.0. The lowest BCUT2D eigenvalue weighted by molar-refractivity contribution is 0.212. The highest BCUT2D eigenvalue weighted by atomic mass is 19.1. The van der Waals surface area contributed by atoms with Gasteiger partial charge in [0.05, 0.1) is 0 Å². The minimum absolute atomic E-state index is 0.0164. The number of nitrogens with zero attached hydrogens (tertiary/aromatic N) is 2. The Balaban J connectivity index is 1.31. The molecule has 0 spiro atoms. The summed E-state index contributed by atoms with van der Waals surface area (Å²) in [5.41, 5.74) is 1.84. The third-order valence-electron chi connectivity index (χ3n) is 5.17. The van der Waals surface area contributed by atoms with Gasteiger partial charge in [-0.1, -0.05) is 30.3 Å². The van der Waals surface area contributed by atoms with Gasteiger partial charge in [-0.15, -0.1) is 0 Å². The van der Waals surface area contributed by atoms with Gasteiger partial charge in [-0.25, -0.2) is 9.18 Å². The number of halogens is 1. The predicted molar refractivity (Wildman–Crippen MR) is 95.7 cm³/mol. The molecule has 2 saturated heterocycles. The average Bonchev–Trinajstić information content (AvgIpc) is 3.14. The number of benzene rings is 2. The summed E-state index contributed by atoms with van der Waals surface area (Å²) in [6.07, 6.45) is 0. The van der Waals surface area contributed by atoms with Crippen molar-refractivity contribution >= 4 is 11.7 Å². The number of para-hydroxylation sites is 1. The molecule has 4 nitrogen and oxygen atoms in total. The largest absolute Gasteiger partial charge is 0.324 e. The summed E-state index contributed by atoms with van der Waals surface area (Å²) in [6.45, 7) is 4.31. The maximum Gasteiger partial charge on any atom is 0.321 e. The van der Waals surface area contributed by atoms with Crippen molar-refractivity contribution in [1.29, 1.82) is 0 Å². The van der Waals surface area contributed by atoms with Crippen molar-refractivity contribution in [2.24, 2.45) is 11.8 Å². The van der Waals surface area contributed by atoms with E-state index in [1.54, 1.807) is 12.1 Å². The van der Waals surface area contributed by atoms with Crippen LogP contribution in [0.15, 0.2) is 54.6 Å². The second-order valence-corrected chi connectivity index (χ2v) is 7.05. The Kier molecular flexibility index (Phi) is 4.40. The van der Waals surface area contributed by atoms with Crippen LogP contribution in [0.25, 0.3) is 0 Å². The van der Waals surface area contributed by atoms with Gasteiger partial charge in [0.25, 0.3) is 0 Å². The third-order valence-corrected chi connectivity index (χ3v) is 5.17. The fourth-order valence-electron chi connectivity index (χ4n) is 4.00. The van der Waals surface area contributed by atoms with Crippen molar-refractivity contribution in [3.63, 3.8) is 0 Å². The Hall–Kier alpha value is -2.40. The number of hydrogen-bond donors (Lipinski definition) is 1. The van der Waals surface area contributed by atoms with Crippen molar-refractivity contribution in [3.8, 4) is 0 Å². The molecule has 0 bridgehead atoms. The molecule has 0 unspecified atom stereocenters. The summed E-state index contributed by atoms with van der Waals surface area (Å²) >= 11 is 0. The van der Waals surface area contributed by atoms with Crippen LogP contribution in [-0.4, -0.2) is 42.0 Å². The molecule has 2 aromatic rings. The van der Waals surface area contributed by atoms with Gasteiger partial charge in [0.2, 0.25) is 0 Å². The Morgan fingerprint density at radius 2 is 1.72 bits per heavy atom. The number of amides is 2. The van der Waals surface area contributed by atoms with Crippen LogP contribution in [0.3, 0.4) is 0 Å². The number of carbonyl (C=O) groups is 1. The standard InChI is InChI=1S/C20H22FN3O/c21-18-6-4-5-15(9-18)10-23-11-16-13-24(14-17(16)12-23)20(25)22-19-7-2-1-3-8-19/h1-9,16-17H,10-14H2,(H,22,25)/t16-,17+. The molecule has 2 aliphatic rings. The van der Waals surface area contributed by atoms with Gasteiger partial charge in [0.1, 0.15) is 5.82 Å². The highest BCUT2D eigenvalue weighted by molar-refractivity contribution is 5.89. The topological polar surface area (TPSA) is 35.6 Å². The van der Waals surface area contributed by atoms with E-state index in [0.717, 1.165) is 44.0 Å². The lowest BCUT2D eigenvalue weighted by Crippen LogP contribution is -2.36. The van der Waals surface area contributed by atoms with Gasteiger partial charge in [-0.05, 0) is 41.7 Å². The van der Waals surface area contributed by atoms with Crippen LogP contribution in [0.1, 0.15) is 5.56 Å². The zero-order valence-electron chi connectivity index (χ0n) is 14.1. The molecular formula is C20H22FN3O. The van der Waals surface area contributed by atoms with Crippen LogP contribution in [0.4, 0.5) is 14.9 Å². The Morgan fingerprint density at radius 3 is 2.40 bits per heavy atom. The first-order valence-corrected chi connectivity index (χ1v) is 8.75. The molecule has 0 aliphatic carbocycles. The predicted octanol–water partition coefficient (Wildman–Crippen LogP) is 3.42. The number of anilines is 1. The second kappa shape index (κ2) is 6.84. The van der Waals surface area contributed by atoms with E-state index in [2.05, 4.69) is 10.2 Å². The second-order valence-electron chi connectivity index (χ2n) is 7.05. The van der Waals surface area contributed by atoms with Crippen molar-refractivity contribution in [3.05, 3.63) is 66.0 Å². The molecule has 4 rings (SSSR count). The fraction of sp³-hybridized carbons (Fsp3) is 0.350. The molecular weight excluding hydrogens is 317 g/mol. The first kappa shape index (κ1) is 16.1. The summed E-state index contributed by atoms with van der Waals surface area (Å²) in [4.78, 5) is 16.7. The van der Waals surface area contributed by atoms with Crippen molar-refractivity contribution < 1.29 is 9.18 Å². The van der Waals surface area contributed by atoms with E-state index in [-0.39, 0.29) is 11.8 Å². The summed E-state index contributed by atoms with van der Waals surface area (Å²) in [6, 6.07) is 16.4. The minimum Gasteiger partial charge on any atom is -0.324 e. The molecule has 2 aromatic carbocycles. The summed E-state index contributed by atoms with van der Waals surface area (Å²) in [5.74, 6) is 0.839. The van der Waals surface area contributed by atoms with Gasteiger partial charge in [0, 0.05) is 38.4 Å². The van der Waals surface area contributed by atoms with Crippen LogP contribution in [0.5, 0.6) is 0 Å². The highest BCUT2D eigenvalue weighted by Gasteiger charge is 2.41. The first-order chi connectivity index (χ1) is 12.2. The summed E-state index contributed by atoms with van der Waals surface area (Å²) in [7, 11) is 0. The summed E-state index contributed by atoms with van der Waals surface area (Å²) < 4.78 is 13.3. The number of likely N-dealkylation sites (tertiary alicyclic amines) is 2. The van der Waals surface area contributed by atoms with Crippen LogP contribution in [-0.2, 0) is 6.54 Å². The average molecular weight is 339 g/mol. The van der Waals surface area contributed by atoms with E-state index >= 15 is 0 Å². The van der Waals surface area contributed by atoms with E-state index < -0.39 is 0 Å². The van der Waals surface area contributed by atoms with E-state index in [9.17, 15) is 9.18 Å². The fourth-order valence-corrected chi connectivity index (χ4v) is 4.00. The molecule has 130 valence electrons. The number of nitrogens with one attached hydrogen (secondary N) is 1. The van der Waals surface area contributed by atoms with Crippen LogP contribution >= 0.6 is 0 Å². The molecule has 2 aliphatic heterocycles. The van der Waals surface area contributed by atoms with Crippen molar-refractivity contribution in [2.45, 2.75) is 6.54 Å². The molecule has 25 heavy (non-hydrogen) atoms.